The zero-order valence-electron chi connectivity index (χ0n) is 13.4. The van der Waals surface area contributed by atoms with Gasteiger partial charge in [0.1, 0.15) is 5.54 Å². The van der Waals surface area contributed by atoms with Crippen molar-refractivity contribution in [3.8, 4) is 0 Å². The number of hydrogen-bond donors (Lipinski definition) is 1. The maximum Gasteiger partial charge on any atom is 0.243 e. The zero-order valence-corrected chi connectivity index (χ0v) is 13.4. The van der Waals surface area contributed by atoms with Gasteiger partial charge in [-0.3, -0.25) is 4.79 Å². The molecule has 0 aromatic rings. The summed E-state index contributed by atoms with van der Waals surface area (Å²) in [6, 6.07) is 0. The standard InChI is InChI=1S/C16H28N2O3/c1-15(2)13-12(5-4-10-21-13)16(15,17)14(19)18-8-6-11(20-3)7-9-18/h11-13H,4-10,17H2,1-3H3. The number of fused-ring (bicyclic) bond motifs is 1. The van der Waals surface area contributed by atoms with Gasteiger partial charge in [0.15, 0.2) is 0 Å². The largest absolute Gasteiger partial charge is 0.381 e. The molecule has 0 aromatic carbocycles. The van der Waals surface area contributed by atoms with E-state index in [0.717, 1.165) is 45.4 Å². The SMILES string of the molecule is COC1CCN(C(=O)C2(N)C3CCCOC3C2(C)C)CC1. The Morgan fingerprint density at radius 1 is 1.29 bits per heavy atom. The third-order valence-electron chi connectivity index (χ3n) is 6.10. The number of nitrogens with two attached hydrogens (primary N) is 1. The minimum absolute atomic E-state index is 0.119. The average molecular weight is 296 g/mol. The Morgan fingerprint density at radius 2 is 1.95 bits per heavy atom. The highest BCUT2D eigenvalue weighted by Gasteiger charge is 2.70. The van der Waals surface area contributed by atoms with Gasteiger partial charge in [0.2, 0.25) is 5.91 Å². The van der Waals surface area contributed by atoms with Crippen LogP contribution in [0.15, 0.2) is 0 Å². The Morgan fingerprint density at radius 3 is 2.57 bits per heavy atom. The molecule has 3 rings (SSSR count). The second-order valence-corrected chi connectivity index (χ2v) is 7.36. The fourth-order valence-electron chi connectivity index (χ4n) is 4.57. The highest BCUT2D eigenvalue weighted by atomic mass is 16.5. The van der Waals surface area contributed by atoms with Crippen LogP contribution in [0.5, 0.6) is 0 Å². The van der Waals surface area contributed by atoms with Crippen LogP contribution >= 0.6 is 0 Å². The number of rotatable bonds is 2. The molecule has 2 N–H and O–H groups in total. The summed E-state index contributed by atoms with van der Waals surface area (Å²) < 4.78 is 11.3. The van der Waals surface area contributed by atoms with E-state index in [0.29, 0.717) is 0 Å². The molecule has 3 fully saturated rings. The van der Waals surface area contributed by atoms with Crippen molar-refractivity contribution in [1.82, 2.24) is 4.90 Å². The lowest BCUT2D eigenvalue weighted by Gasteiger charge is -2.66. The molecule has 3 aliphatic rings. The van der Waals surface area contributed by atoms with Crippen molar-refractivity contribution >= 4 is 5.91 Å². The lowest BCUT2D eigenvalue weighted by Crippen LogP contribution is -2.82. The highest BCUT2D eigenvalue weighted by molar-refractivity contribution is 5.89. The Balaban J connectivity index is 1.74. The lowest BCUT2D eigenvalue weighted by molar-refractivity contribution is -0.230. The van der Waals surface area contributed by atoms with Gasteiger partial charge in [0, 0.05) is 38.1 Å². The van der Waals surface area contributed by atoms with Gasteiger partial charge in [-0.25, -0.2) is 0 Å². The van der Waals surface area contributed by atoms with E-state index in [-0.39, 0.29) is 29.4 Å². The number of ether oxygens (including phenoxy) is 2. The van der Waals surface area contributed by atoms with Crippen LogP contribution in [0.3, 0.4) is 0 Å². The van der Waals surface area contributed by atoms with E-state index in [2.05, 4.69) is 13.8 Å². The van der Waals surface area contributed by atoms with Crippen molar-refractivity contribution in [3.63, 3.8) is 0 Å². The second kappa shape index (κ2) is 5.21. The topological polar surface area (TPSA) is 64.8 Å². The van der Waals surface area contributed by atoms with E-state index >= 15 is 0 Å². The van der Waals surface area contributed by atoms with Gasteiger partial charge in [0.05, 0.1) is 12.2 Å². The fourth-order valence-corrected chi connectivity index (χ4v) is 4.57. The first-order valence-electron chi connectivity index (χ1n) is 8.15. The van der Waals surface area contributed by atoms with Gasteiger partial charge in [-0.05, 0) is 25.7 Å². The van der Waals surface area contributed by atoms with E-state index < -0.39 is 5.54 Å². The number of carbonyl (C=O) groups excluding carboxylic acids is 1. The van der Waals surface area contributed by atoms with Crippen LogP contribution in [-0.2, 0) is 14.3 Å². The predicted octanol–water partition coefficient (Wildman–Crippen LogP) is 1.16. The molecule has 3 atom stereocenters. The third-order valence-corrected chi connectivity index (χ3v) is 6.10. The fraction of sp³-hybridized carbons (Fsp3) is 0.938. The van der Waals surface area contributed by atoms with E-state index in [1.807, 2.05) is 4.90 Å². The molecule has 3 unspecified atom stereocenters. The average Bonchev–Trinajstić information content (AvgIpc) is 2.53. The van der Waals surface area contributed by atoms with Crippen LogP contribution < -0.4 is 5.73 Å². The van der Waals surface area contributed by atoms with Crippen LogP contribution in [0.25, 0.3) is 0 Å². The van der Waals surface area contributed by atoms with E-state index in [9.17, 15) is 4.79 Å². The summed E-state index contributed by atoms with van der Waals surface area (Å²) in [5.74, 6) is 0.294. The summed E-state index contributed by atoms with van der Waals surface area (Å²) in [5, 5.41) is 0. The molecule has 2 aliphatic heterocycles. The first-order chi connectivity index (χ1) is 9.92. The minimum atomic E-state index is -0.766. The molecule has 0 aromatic heterocycles. The number of carbonyl (C=O) groups is 1. The number of piperidine rings is 1. The molecule has 0 spiro atoms. The van der Waals surface area contributed by atoms with Gasteiger partial charge >= 0.3 is 0 Å². The lowest BCUT2D eigenvalue weighted by atomic mass is 9.46. The van der Waals surface area contributed by atoms with Crippen LogP contribution in [0.2, 0.25) is 0 Å². The minimum Gasteiger partial charge on any atom is -0.381 e. The summed E-state index contributed by atoms with van der Waals surface area (Å²) in [5.41, 5.74) is 5.62. The van der Waals surface area contributed by atoms with Crippen molar-refractivity contribution in [1.29, 1.82) is 0 Å². The number of methoxy groups -OCH3 is 1. The number of likely N-dealkylation sites (tertiary alicyclic amines) is 1. The summed E-state index contributed by atoms with van der Waals surface area (Å²) in [4.78, 5) is 15.0. The highest BCUT2D eigenvalue weighted by Crippen LogP contribution is 2.58. The van der Waals surface area contributed by atoms with Crippen LogP contribution in [0.4, 0.5) is 0 Å². The van der Waals surface area contributed by atoms with E-state index in [1.54, 1.807) is 7.11 Å². The molecule has 5 nitrogen and oxygen atoms in total. The number of nitrogens with zero attached hydrogens (tertiary/aromatic N) is 1. The van der Waals surface area contributed by atoms with Crippen LogP contribution in [-0.4, -0.2) is 55.4 Å². The normalized spacial score (nSPS) is 39.5. The Kier molecular flexibility index (Phi) is 3.79. The summed E-state index contributed by atoms with van der Waals surface area (Å²) in [6.07, 6.45) is 4.24. The molecule has 21 heavy (non-hydrogen) atoms. The second-order valence-electron chi connectivity index (χ2n) is 7.36. The summed E-state index contributed by atoms with van der Waals surface area (Å²) in [6.45, 7) is 6.47. The van der Waals surface area contributed by atoms with Crippen molar-refractivity contribution in [2.75, 3.05) is 26.8 Å². The molecular weight excluding hydrogens is 268 g/mol. The number of amides is 1. The molecule has 120 valence electrons. The molecule has 1 aliphatic carbocycles. The van der Waals surface area contributed by atoms with Crippen molar-refractivity contribution in [2.45, 2.75) is 57.3 Å². The van der Waals surface area contributed by atoms with Crippen LogP contribution in [0.1, 0.15) is 39.5 Å². The van der Waals surface area contributed by atoms with Gasteiger partial charge in [-0.1, -0.05) is 13.8 Å². The van der Waals surface area contributed by atoms with Crippen LogP contribution in [0, 0.1) is 11.3 Å². The Hall–Kier alpha value is -0.650. The first-order valence-corrected chi connectivity index (χ1v) is 8.15. The zero-order chi connectivity index (χ0) is 15.3. The molecular formula is C16H28N2O3. The molecule has 2 heterocycles. The van der Waals surface area contributed by atoms with Crippen molar-refractivity contribution < 1.29 is 14.3 Å². The van der Waals surface area contributed by atoms with Gasteiger partial charge in [-0.2, -0.15) is 0 Å². The monoisotopic (exact) mass is 296 g/mol. The quantitative estimate of drug-likeness (QED) is 0.830. The Labute approximate surface area is 127 Å². The van der Waals surface area contributed by atoms with Gasteiger partial charge in [0.25, 0.3) is 0 Å². The first kappa shape index (κ1) is 15.3. The van der Waals surface area contributed by atoms with Crippen molar-refractivity contribution in [2.24, 2.45) is 17.1 Å². The summed E-state index contributed by atoms with van der Waals surface area (Å²) >= 11 is 0. The van der Waals surface area contributed by atoms with Crippen molar-refractivity contribution in [3.05, 3.63) is 0 Å². The molecule has 5 heteroatoms. The van der Waals surface area contributed by atoms with E-state index in [4.69, 9.17) is 15.2 Å². The molecule has 1 saturated carbocycles. The predicted molar refractivity (Wildman–Crippen MR) is 79.8 cm³/mol. The van der Waals surface area contributed by atoms with E-state index in [1.165, 1.54) is 0 Å². The maximum absolute atomic E-state index is 13.1. The maximum atomic E-state index is 13.1. The Bertz CT molecular complexity index is 418. The number of hydrogen-bond acceptors (Lipinski definition) is 4. The summed E-state index contributed by atoms with van der Waals surface area (Å²) in [7, 11) is 1.74. The smallest absolute Gasteiger partial charge is 0.243 e. The molecule has 0 bridgehead atoms. The third kappa shape index (κ3) is 2.05. The van der Waals surface area contributed by atoms with Gasteiger partial charge in [-0.15, -0.1) is 0 Å². The van der Waals surface area contributed by atoms with Gasteiger partial charge < -0.3 is 20.1 Å². The molecule has 2 saturated heterocycles. The molecule has 0 radical (unpaired) electrons. The molecule has 1 amide bonds.